The van der Waals surface area contributed by atoms with Gasteiger partial charge in [-0.25, -0.2) is 12.7 Å². The zero-order valence-electron chi connectivity index (χ0n) is 18.0. The predicted octanol–water partition coefficient (Wildman–Crippen LogP) is 2.60. The zero-order chi connectivity index (χ0) is 22.6. The first kappa shape index (κ1) is 23.5. The number of ether oxygens (including phenoxy) is 1. The second-order valence-corrected chi connectivity index (χ2v) is 10.2. The van der Waals surface area contributed by atoms with E-state index < -0.39 is 10.0 Å². The molecule has 0 spiro atoms. The van der Waals surface area contributed by atoms with Crippen molar-refractivity contribution >= 4 is 27.5 Å². The van der Waals surface area contributed by atoms with Crippen LogP contribution in [-0.2, 0) is 16.4 Å². The van der Waals surface area contributed by atoms with Gasteiger partial charge in [0.2, 0.25) is 10.0 Å². The summed E-state index contributed by atoms with van der Waals surface area (Å²) in [6.07, 6.45) is 0.931. The number of nitrogens with zero attached hydrogens (tertiary/aromatic N) is 3. The molecule has 1 saturated heterocycles. The van der Waals surface area contributed by atoms with Crippen LogP contribution in [0.3, 0.4) is 0 Å². The van der Waals surface area contributed by atoms with E-state index in [4.69, 9.17) is 16.3 Å². The molecule has 1 amide bonds. The molecule has 0 saturated carbocycles. The monoisotopic (exact) mass is 465 g/mol. The molecule has 1 fully saturated rings. The number of rotatable bonds is 7. The van der Waals surface area contributed by atoms with E-state index >= 15 is 0 Å². The van der Waals surface area contributed by atoms with Crippen molar-refractivity contribution < 1.29 is 17.9 Å². The fourth-order valence-corrected chi connectivity index (χ4v) is 4.86. The van der Waals surface area contributed by atoms with E-state index in [9.17, 15) is 13.2 Å². The molecule has 0 aromatic heterocycles. The summed E-state index contributed by atoms with van der Waals surface area (Å²) in [6, 6.07) is 12.5. The molecule has 2 aromatic carbocycles. The van der Waals surface area contributed by atoms with Crippen LogP contribution in [0.15, 0.2) is 47.4 Å². The maximum atomic E-state index is 13.0. The first-order valence-corrected chi connectivity index (χ1v) is 11.9. The van der Waals surface area contributed by atoms with E-state index in [1.54, 1.807) is 18.1 Å². The van der Waals surface area contributed by atoms with Crippen molar-refractivity contribution in [3.63, 3.8) is 0 Å². The predicted molar refractivity (Wildman–Crippen MR) is 121 cm³/mol. The van der Waals surface area contributed by atoms with Gasteiger partial charge in [-0.05, 0) is 42.3 Å². The van der Waals surface area contributed by atoms with Crippen molar-refractivity contribution in [2.24, 2.45) is 0 Å². The Bertz CT molecular complexity index is 1020. The Labute approximate surface area is 189 Å². The fraction of sp³-hybridized carbons (Fsp3) is 0.409. The average Bonchev–Trinajstić information content (AvgIpc) is 2.78. The van der Waals surface area contributed by atoms with E-state index in [0.717, 1.165) is 36.1 Å². The molecule has 9 heteroatoms. The summed E-state index contributed by atoms with van der Waals surface area (Å²) in [4.78, 5) is 17.0. The van der Waals surface area contributed by atoms with Gasteiger partial charge in [0, 0.05) is 52.4 Å². The molecule has 0 bridgehead atoms. The van der Waals surface area contributed by atoms with E-state index in [1.165, 1.54) is 31.8 Å². The lowest BCUT2D eigenvalue weighted by atomic mass is 10.1. The molecule has 7 nitrogen and oxygen atoms in total. The highest BCUT2D eigenvalue weighted by Gasteiger charge is 2.26. The third-order valence-corrected chi connectivity index (χ3v) is 7.77. The van der Waals surface area contributed by atoms with Crippen LogP contribution in [0.2, 0.25) is 5.02 Å². The summed E-state index contributed by atoms with van der Waals surface area (Å²) in [5.41, 5.74) is 1.58. The number of amides is 1. The lowest BCUT2D eigenvalue weighted by molar-refractivity contribution is 0.0638. The molecule has 0 unspecified atom stereocenters. The Balaban J connectivity index is 1.59. The van der Waals surface area contributed by atoms with E-state index in [-0.39, 0.29) is 15.8 Å². The lowest BCUT2D eigenvalue weighted by Gasteiger charge is -2.35. The molecule has 2 aromatic rings. The number of benzene rings is 2. The highest BCUT2D eigenvalue weighted by molar-refractivity contribution is 7.89. The normalized spacial score (nSPS) is 15.3. The Morgan fingerprint density at radius 3 is 2.29 bits per heavy atom. The Morgan fingerprint density at radius 1 is 1.06 bits per heavy atom. The van der Waals surface area contributed by atoms with Gasteiger partial charge in [0.1, 0.15) is 10.6 Å². The van der Waals surface area contributed by atoms with Crippen molar-refractivity contribution in [3.05, 3.63) is 58.6 Å². The Morgan fingerprint density at radius 2 is 1.71 bits per heavy atom. The second-order valence-electron chi connectivity index (χ2n) is 7.66. The maximum Gasteiger partial charge on any atom is 0.253 e. The van der Waals surface area contributed by atoms with Gasteiger partial charge in [-0.1, -0.05) is 23.7 Å². The first-order chi connectivity index (χ1) is 14.7. The van der Waals surface area contributed by atoms with Crippen LogP contribution in [0, 0.1) is 0 Å². The molecule has 3 rings (SSSR count). The highest BCUT2D eigenvalue weighted by atomic mass is 35.5. The van der Waals surface area contributed by atoms with Crippen LogP contribution < -0.4 is 4.74 Å². The van der Waals surface area contributed by atoms with Crippen LogP contribution in [0.1, 0.15) is 15.9 Å². The van der Waals surface area contributed by atoms with Crippen LogP contribution in [0.25, 0.3) is 0 Å². The third-order valence-electron chi connectivity index (χ3n) is 5.47. The topological polar surface area (TPSA) is 70.2 Å². The van der Waals surface area contributed by atoms with Gasteiger partial charge in [0.05, 0.1) is 12.1 Å². The molecule has 31 heavy (non-hydrogen) atoms. The van der Waals surface area contributed by atoms with E-state index in [0.29, 0.717) is 18.7 Å². The number of carbonyl (C=O) groups excluding carboxylic acids is 1. The molecule has 0 aliphatic carbocycles. The minimum Gasteiger partial charge on any atom is -0.497 e. The fourth-order valence-electron chi connectivity index (χ4n) is 3.47. The molecule has 0 radical (unpaired) electrons. The summed E-state index contributed by atoms with van der Waals surface area (Å²) in [5.74, 6) is 0.668. The molecule has 1 aliphatic rings. The number of hydrogen-bond acceptors (Lipinski definition) is 5. The molecular weight excluding hydrogens is 438 g/mol. The lowest BCUT2D eigenvalue weighted by Crippen LogP contribution is -2.49. The van der Waals surface area contributed by atoms with Gasteiger partial charge < -0.3 is 9.64 Å². The van der Waals surface area contributed by atoms with Gasteiger partial charge in [-0.2, -0.15) is 0 Å². The van der Waals surface area contributed by atoms with E-state index in [1.807, 2.05) is 12.1 Å². The molecule has 1 aliphatic heterocycles. The van der Waals surface area contributed by atoms with Gasteiger partial charge in [0.25, 0.3) is 5.91 Å². The SMILES string of the molecule is COc1ccc(CCN2CCN(C(=O)c3ccc(Cl)c(S(=O)(=O)N(C)C)c3)CC2)cc1. The Kier molecular flexibility index (Phi) is 7.59. The highest BCUT2D eigenvalue weighted by Crippen LogP contribution is 2.25. The van der Waals surface area contributed by atoms with Crippen LogP contribution in [-0.4, -0.2) is 82.4 Å². The minimum atomic E-state index is -3.73. The molecular formula is C22H28ClN3O4S. The second kappa shape index (κ2) is 9.99. The van der Waals surface area contributed by atoms with Crippen molar-refractivity contribution in [1.29, 1.82) is 0 Å². The van der Waals surface area contributed by atoms with Gasteiger partial charge >= 0.3 is 0 Å². The molecule has 168 valence electrons. The van der Waals surface area contributed by atoms with Crippen molar-refractivity contribution in [3.8, 4) is 5.75 Å². The molecule has 0 N–H and O–H groups in total. The number of hydrogen-bond donors (Lipinski definition) is 0. The number of sulfonamides is 1. The maximum absolute atomic E-state index is 13.0. The standard InChI is InChI=1S/C22H28ClN3O4S/c1-24(2)31(28,29)21-16-18(6-9-20(21)23)22(27)26-14-12-25(13-15-26)11-10-17-4-7-19(30-3)8-5-17/h4-9,16H,10-15H2,1-3H3. The van der Waals surface area contributed by atoms with Crippen molar-refractivity contribution in [1.82, 2.24) is 14.1 Å². The smallest absolute Gasteiger partial charge is 0.253 e. The van der Waals surface area contributed by atoms with Crippen molar-refractivity contribution in [2.45, 2.75) is 11.3 Å². The Hall–Kier alpha value is -2.13. The number of carbonyl (C=O) groups is 1. The zero-order valence-corrected chi connectivity index (χ0v) is 19.6. The summed E-state index contributed by atoms with van der Waals surface area (Å²) in [7, 11) is 0.799. The first-order valence-electron chi connectivity index (χ1n) is 10.1. The van der Waals surface area contributed by atoms with E-state index in [2.05, 4.69) is 17.0 Å². The van der Waals surface area contributed by atoms with Crippen LogP contribution in [0.4, 0.5) is 0 Å². The number of piperazine rings is 1. The van der Waals surface area contributed by atoms with Gasteiger partial charge in [-0.3, -0.25) is 9.69 Å². The summed E-state index contributed by atoms with van der Waals surface area (Å²) >= 11 is 6.09. The largest absolute Gasteiger partial charge is 0.497 e. The van der Waals surface area contributed by atoms with Crippen molar-refractivity contribution in [2.75, 3.05) is 53.9 Å². The molecule has 1 heterocycles. The number of methoxy groups -OCH3 is 1. The average molecular weight is 466 g/mol. The van der Waals surface area contributed by atoms with Gasteiger partial charge in [-0.15, -0.1) is 0 Å². The van der Waals surface area contributed by atoms with Gasteiger partial charge in [0.15, 0.2) is 0 Å². The summed E-state index contributed by atoms with van der Waals surface area (Å²) in [5, 5.41) is 0.105. The number of halogens is 1. The molecule has 0 atom stereocenters. The minimum absolute atomic E-state index is 0.0526. The van der Waals surface area contributed by atoms with Crippen LogP contribution in [0.5, 0.6) is 5.75 Å². The summed E-state index contributed by atoms with van der Waals surface area (Å²) in [6.45, 7) is 3.66. The summed E-state index contributed by atoms with van der Waals surface area (Å²) < 4.78 is 31.2. The quantitative estimate of drug-likeness (QED) is 0.628. The third kappa shape index (κ3) is 5.57. The van der Waals surface area contributed by atoms with Crippen LogP contribution >= 0.6 is 11.6 Å².